The van der Waals surface area contributed by atoms with E-state index in [9.17, 15) is 4.79 Å². The first-order valence-corrected chi connectivity index (χ1v) is 8.65. The quantitative estimate of drug-likeness (QED) is 0.653. The van der Waals surface area contributed by atoms with Gasteiger partial charge in [-0.15, -0.1) is 0 Å². The van der Waals surface area contributed by atoms with Crippen LogP contribution >= 0.6 is 0 Å². The zero-order chi connectivity index (χ0) is 18.2. The largest absolute Gasteiger partial charge is 0.334 e. The van der Waals surface area contributed by atoms with Crippen LogP contribution in [-0.2, 0) is 0 Å². The summed E-state index contributed by atoms with van der Waals surface area (Å²) in [5.74, 6) is 0. The molecule has 0 radical (unpaired) electrons. The third-order valence-electron chi connectivity index (χ3n) is 4.05. The summed E-state index contributed by atoms with van der Waals surface area (Å²) in [6.07, 6.45) is 2.04. The van der Waals surface area contributed by atoms with Gasteiger partial charge in [0.2, 0.25) is 0 Å². The van der Waals surface area contributed by atoms with Gasteiger partial charge in [-0.2, -0.15) is 0 Å². The molecule has 3 aromatic carbocycles. The van der Waals surface area contributed by atoms with Crippen LogP contribution in [0.5, 0.6) is 0 Å². The smallest absolute Gasteiger partial charge is 0.319 e. The number of hydrogen-bond donors (Lipinski definition) is 2. The van der Waals surface area contributed by atoms with Gasteiger partial charge in [0.05, 0.1) is 0 Å². The Labute approximate surface area is 154 Å². The number of carbonyl (C=O) groups excluding carboxylic acids is 1. The molecule has 0 atom stereocenters. The second kappa shape index (κ2) is 8.67. The van der Waals surface area contributed by atoms with Crippen LogP contribution in [0.1, 0.15) is 16.7 Å². The molecule has 0 saturated heterocycles. The molecule has 130 valence electrons. The minimum Gasteiger partial charge on any atom is -0.334 e. The second-order valence-corrected chi connectivity index (χ2v) is 6.05. The van der Waals surface area contributed by atoms with Crippen LogP contribution in [-0.4, -0.2) is 12.6 Å². The zero-order valence-corrected chi connectivity index (χ0v) is 14.8. The lowest BCUT2D eigenvalue weighted by molar-refractivity contribution is 0.253. The topological polar surface area (TPSA) is 41.1 Å². The van der Waals surface area contributed by atoms with Gasteiger partial charge in [0.1, 0.15) is 0 Å². The molecule has 0 bridgehead atoms. The molecule has 0 aromatic heterocycles. The maximum absolute atomic E-state index is 12.1. The number of amides is 2. The Kier molecular flexibility index (Phi) is 5.84. The van der Waals surface area contributed by atoms with Crippen molar-refractivity contribution in [3.8, 4) is 0 Å². The average molecular weight is 342 g/mol. The molecule has 0 heterocycles. The van der Waals surface area contributed by atoms with Gasteiger partial charge in [0, 0.05) is 12.2 Å². The van der Waals surface area contributed by atoms with Crippen molar-refractivity contribution >= 4 is 17.3 Å². The fraction of sp³-hybridized carbons (Fsp3) is 0.0870. The summed E-state index contributed by atoms with van der Waals surface area (Å²) in [7, 11) is 0. The summed E-state index contributed by atoms with van der Waals surface area (Å²) in [4.78, 5) is 12.1. The maximum atomic E-state index is 12.1. The highest BCUT2D eigenvalue weighted by molar-refractivity contribution is 5.89. The lowest BCUT2D eigenvalue weighted by Gasteiger charge is -2.10. The molecule has 0 aliphatic heterocycles. The standard InChI is InChI=1S/C23H22N2O/c1-18-12-14-21(15-13-18)25-23(26)24-17-16-22(19-8-4-2-5-9-19)20-10-6-3-7-11-20/h2-16H,17H2,1H3,(H2,24,25,26). The van der Waals surface area contributed by atoms with Crippen molar-refractivity contribution in [3.05, 3.63) is 108 Å². The highest BCUT2D eigenvalue weighted by Gasteiger charge is 2.05. The van der Waals surface area contributed by atoms with Crippen LogP contribution < -0.4 is 10.6 Å². The number of hydrogen-bond acceptors (Lipinski definition) is 1. The molecule has 2 amide bonds. The van der Waals surface area contributed by atoms with E-state index in [4.69, 9.17) is 0 Å². The van der Waals surface area contributed by atoms with E-state index in [1.165, 1.54) is 0 Å². The van der Waals surface area contributed by atoms with Gasteiger partial charge >= 0.3 is 6.03 Å². The first-order chi connectivity index (χ1) is 12.7. The number of benzene rings is 3. The number of anilines is 1. The summed E-state index contributed by atoms with van der Waals surface area (Å²) < 4.78 is 0. The summed E-state index contributed by atoms with van der Waals surface area (Å²) in [5.41, 5.74) is 5.29. The first kappa shape index (κ1) is 17.5. The Hall–Kier alpha value is -3.33. The highest BCUT2D eigenvalue weighted by atomic mass is 16.2. The predicted molar refractivity (Wildman–Crippen MR) is 108 cm³/mol. The number of urea groups is 1. The van der Waals surface area contributed by atoms with E-state index in [0.29, 0.717) is 6.54 Å². The first-order valence-electron chi connectivity index (χ1n) is 8.65. The highest BCUT2D eigenvalue weighted by Crippen LogP contribution is 2.22. The molecule has 0 aliphatic rings. The van der Waals surface area contributed by atoms with E-state index in [1.54, 1.807) is 0 Å². The van der Waals surface area contributed by atoms with Crippen LogP contribution in [0.2, 0.25) is 0 Å². The summed E-state index contributed by atoms with van der Waals surface area (Å²) in [5, 5.41) is 5.73. The summed E-state index contributed by atoms with van der Waals surface area (Å²) in [6.45, 7) is 2.46. The molecule has 0 aliphatic carbocycles. The molecule has 3 rings (SSSR count). The maximum Gasteiger partial charge on any atom is 0.319 e. The van der Waals surface area contributed by atoms with Crippen molar-refractivity contribution in [2.75, 3.05) is 11.9 Å². The van der Waals surface area contributed by atoms with E-state index in [0.717, 1.165) is 28.0 Å². The van der Waals surface area contributed by atoms with Crippen LogP contribution in [0.4, 0.5) is 10.5 Å². The SMILES string of the molecule is Cc1ccc(NC(=O)NCC=C(c2ccccc2)c2ccccc2)cc1. The third-order valence-corrected chi connectivity index (χ3v) is 4.05. The predicted octanol–water partition coefficient (Wildman–Crippen LogP) is 5.25. The van der Waals surface area contributed by atoms with Gasteiger partial charge in [-0.1, -0.05) is 84.4 Å². The van der Waals surface area contributed by atoms with Crippen molar-refractivity contribution in [2.24, 2.45) is 0 Å². The minimum absolute atomic E-state index is 0.217. The van der Waals surface area contributed by atoms with Crippen LogP contribution in [0.3, 0.4) is 0 Å². The molecule has 0 fully saturated rings. The molecule has 26 heavy (non-hydrogen) atoms. The Morgan fingerprint density at radius 2 is 1.35 bits per heavy atom. The van der Waals surface area contributed by atoms with Crippen molar-refractivity contribution in [1.82, 2.24) is 5.32 Å². The Morgan fingerprint density at radius 1 is 0.808 bits per heavy atom. The normalized spacial score (nSPS) is 10.0. The molecule has 0 spiro atoms. The summed E-state index contributed by atoms with van der Waals surface area (Å²) in [6, 6.07) is 27.9. The van der Waals surface area contributed by atoms with Gasteiger partial charge in [-0.3, -0.25) is 0 Å². The molecule has 2 N–H and O–H groups in total. The number of carbonyl (C=O) groups is 1. The average Bonchev–Trinajstić information content (AvgIpc) is 2.68. The number of aryl methyl sites for hydroxylation is 1. The lowest BCUT2D eigenvalue weighted by atomic mass is 9.98. The Morgan fingerprint density at radius 3 is 1.88 bits per heavy atom. The molecular formula is C23H22N2O. The van der Waals surface area contributed by atoms with Crippen LogP contribution in [0, 0.1) is 6.92 Å². The van der Waals surface area contributed by atoms with E-state index in [-0.39, 0.29) is 6.03 Å². The third kappa shape index (κ3) is 4.84. The molecule has 0 saturated carbocycles. The van der Waals surface area contributed by atoms with Gasteiger partial charge < -0.3 is 10.6 Å². The van der Waals surface area contributed by atoms with E-state index in [1.807, 2.05) is 73.7 Å². The fourth-order valence-electron chi connectivity index (χ4n) is 2.70. The van der Waals surface area contributed by atoms with Gasteiger partial charge in [-0.05, 0) is 35.8 Å². The van der Waals surface area contributed by atoms with Crippen molar-refractivity contribution in [2.45, 2.75) is 6.92 Å². The van der Waals surface area contributed by atoms with Gasteiger partial charge in [0.25, 0.3) is 0 Å². The zero-order valence-electron chi connectivity index (χ0n) is 14.8. The monoisotopic (exact) mass is 342 g/mol. The molecule has 3 heteroatoms. The second-order valence-electron chi connectivity index (χ2n) is 6.05. The molecule has 3 aromatic rings. The van der Waals surface area contributed by atoms with Crippen LogP contribution in [0.15, 0.2) is 91.0 Å². The molecular weight excluding hydrogens is 320 g/mol. The van der Waals surface area contributed by atoms with E-state index in [2.05, 4.69) is 34.9 Å². The van der Waals surface area contributed by atoms with E-state index >= 15 is 0 Å². The van der Waals surface area contributed by atoms with Crippen molar-refractivity contribution in [1.29, 1.82) is 0 Å². The van der Waals surface area contributed by atoms with Gasteiger partial charge in [-0.25, -0.2) is 4.79 Å². The van der Waals surface area contributed by atoms with Crippen molar-refractivity contribution < 1.29 is 4.79 Å². The van der Waals surface area contributed by atoms with E-state index < -0.39 is 0 Å². The van der Waals surface area contributed by atoms with Crippen molar-refractivity contribution in [3.63, 3.8) is 0 Å². The molecule has 0 unspecified atom stereocenters. The molecule has 3 nitrogen and oxygen atoms in total. The minimum atomic E-state index is -0.217. The van der Waals surface area contributed by atoms with Gasteiger partial charge in [0.15, 0.2) is 0 Å². The number of rotatable bonds is 5. The van der Waals surface area contributed by atoms with Crippen LogP contribution in [0.25, 0.3) is 5.57 Å². The summed E-state index contributed by atoms with van der Waals surface area (Å²) >= 11 is 0. The number of nitrogens with one attached hydrogen (secondary N) is 2. The fourth-order valence-corrected chi connectivity index (χ4v) is 2.70. The Bertz CT molecular complexity index is 828. The lowest BCUT2D eigenvalue weighted by Crippen LogP contribution is -2.28. The Balaban J connectivity index is 1.69.